The van der Waals surface area contributed by atoms with Crippen molar-refractivity contribution in [3.05, 3.63) is 51.7 Å². The van der Waals surface area contributed by atoms with Gasteiger partial charge in [0.1, 0.15) is 5.82 Å². The molecule has 2 aromatic heterocycles. The van der Waals surface area contributed by atoms with E-state index in [1.54, 1.807) is 23.6 Å². The molecule has 17 heavy (non-hydrogen) atoms. The van der Waals surface area contributed by atoms with Crippen LogP contribution in [-0.4, -0.2) is 11.5 Å². The molecule has 0 bridgehead atoms. The van der Waals surface area contributed by atoms with Crippen molar-refractivity contribution in [1.82, 2.24) is 10.3 Å². The maximum atomic E-state index is 13.8. The van der Waals surface area contributed by atoms with Crippen LogP contribution in [0.4, 0.5) is 4.39 Å². The highest BCUT2D eigenvalue weighted by Gasteiger charge is 2.17. The number of rotatable bonds is 4. The van der Waals surface area contributed by atoms with Gasteiger partial charge in [-0.3, -0.25) is 4.98 Å². The second kappa shape index (κ2) is 5.38. The third-order valence-electron chi connectivity index (χ3n) is 2.61. The molecule has 2 heterocycles. The summed E-state index contributed by atoms with van der Waals surface area (Å²) in [5.41, 5.74) is 1.76. The van der Waals surface area contributed by atoms with Crippen LogP contribution >= 0.6 is 11.3 Å². The second-order valence-electron chi connectivity index (χ2n) is 3.88. The summed E-state index contributed by atoms with van der Waals surface area (Å²) in [6, 6.07) is 3.74. The van der Waals surface area contributed by atoms with E-state index >= 15 is 0 Å². The fraction of sp³-hybridized carbons (Fsp3) is 0.308. The number of aryl methyl sites for hydroxylation is 1. The molecular formula is C13H15FN2S. The zero-order valence-corrected chi connectivity index (χ0v) is 10.7. The molecule has 0 aliphatic heterocycles. The number of thiophene rings is 1. The van der Waals surface area contributed by atoms with E-state index in [1.165, 1.54) is 11.1 Å². The average molecular weight is 250 g/mol. The van der Waals surface area contributed by atoms with Gasteiger partial charge in [-0.2, -0.15) is 0 Å². The van der Waals surface area contributed by atoms with E-state index in [9.17, 15) is 4.39 Å². The topological polar surface area (TPSA) is 24.9 Å². The molecule has 1 unspecified atom stereocenters. The Morgan fingerprint density at radius 3 is 2.94 bits per heavy atom. The Morgan fingerprint density at radius 1 is 1.53 bits per heavy atom. The van der Waals surface area contributed by atoms with Gasteiger partial charge in [0.25, 0.3) is 0 Å². The first kappa shape index (κ1) is 12.2. The first-order valence-electron chi connectivity index (χ1n) is 5.60. The summed E-state index contributed by atoms with van der Waals surface area (Å²) in [7, 11) is 0. The van der Waals surface area contributed by atoms with Crippen molar-refractivity contribution < 1.29 is 4.39 Å². The van der Waals surface area contributed by atoms with Gasteiger partial charge in [-0.15, -0.1) is 11.3 Å². The average Bonchev–Trinajstić information content (AvgIpc) is 2.74. The monoisotopic (exact) mass is 250 g/mol. The molecule has 0 aromatic carbocycles. The molecule has 2 rings (SSSR count). The van der Waals surface area contributed by atoms with Crippen molar-refractivity contribution in [1.29, 1.82) is 0 Å². The third kappa shape index (κ3) is 2.70. The van der Waals surface area contributed by atoms with Crippen LogP contribution in [0.25, 0.3) is 0 Å². The molecule has 0 saturated carbocycles. The number of aromatic nitrogens is 1. The molecule has 2 nitrogen and oxygen atoms in total. The van der Waals surface area contributed by atoms with Gasteiger partial charge in [0.05, 0.1) is 12.2 Å². The van der Waals surface area contributed by atoms with E-state index in [2.05, 4.69) is 28.7 Å². The lowest BCUT2D eigenvalue weighted by atomic mass is 10.0. The zero-order valence-electron chi connectivity index (χ0n) is 9.90. The smallest absolute Gasteiger partial charge is 0.146 e. The van der Waals surface area contributed by atoms with Gasteiger partial charge in [-0.1, -0.05) is 6.92 Å². The largest absolute Gasteiger partial charge is 0.306 e. The van der Waals surface area contributed by atoms with Crippen LogP contribution in [0.2, 0.25) is 0 Å². The van der Waals surface area contributed by atoms with E-state index in [0.717, 1.165) is 12.1 Å². The Kier molecular flexibility index (Phi) is 3.86. The Bertz CT molecular complexity index is 496. The van der Waals surface area contributed by atoms with Crippen LogP contribution in [0.3, 0.4) is 0 Å². The van der Waals surface area contributed by atoms with Crippen molar-refractivity contribution in [2.45, 2.75) is 19.9 Å². The summed E-state index contributed by atoms with van der Waals surface area (Å²) in [6.07, 6.45) is 2.89. The normalized spacial score (nSPS) is 12.6. The van der Waals surface area contributed by atoms with Crippen LogP contribution < -0.4 is 5.32 Å². The maximum absolute atomic E-state index is 13.8. The van der Waals surface area contributed by atoms with E-state index in [-0.39, 0.29) is 11.9 Å². The summed E-state index contributed by atoms with van der Waals surface area (Å²) in [6.45, 7) is 4.87. The predicted octanol–water partition coefficient (Wildman–Crippen LogP) is 3.29. The van der Waals surface area contributed by atoms with Crippen LogP contribution in [0.15, 0.2) is 29.9 Å². The van der Waals surface area contributed by atoms with Crippen molar-refractivity contribution in [3.63, 3.8) is 0 Å². The van der Waals surface area contributed by atoms with Crippen molar-refractivity contribution in [3.8, 4) is 0 Å². The molecule has 1 atom stereocenters. The minimum atomic E-state index is -0.262. The second-order valence-corrected chi connectivity index (χ2v) is 4.99. The quantitative estimate of drug-likeness (QED) is 0.900. The fourth-order valence-electron chi connectivity index (χ4n) is 1.85. The highest BCUT2D eigenvalue weighted by atomic mass is 32.1. The van der Waals surface area contributed by atoms with E-state index in [0.29, 0.717) is 5.56 Å². The minimum Gasteiger partial charge on any atom is -0.306 e. The molecule has 0 spiro atoms. The van der Waals surface area contributed by atoms with Crippen molar-refractivity contribution in [2.24, 2.45) is 0 Å². The van der Waals surface area contributed by atoms with Gasteiger partial charge in [0, 0.05) is 16.6 Å². The number of halogens is 1. The van der Waals surface area contributed by atoms with Crippen LogP contribution in [0.5, 0.6) is 0 Å². The number of hydrogen-bond donors (Lipinski definition) is 1. The standard InChI is InChI=1S/C13H15FN2S/c1-3-16-13(10-6-9(2)17-8-10)11-4-5-15-7-12(11)14/h4-8,13,16H,3H2,1-2H3. The Balaban J connectivity index is 2.39. The van der Waals surface area contributed by atoms with Crippen LogP contribution in [0.1, 0.15) is 29.0 Å². The summed E-state index contributed by atoms with van der Waals surface area (Å²) in [5.74, 6) is -0.262. The van der Waals surface area contributed by atoms with Gasteiger partial charge < -0.3 is 5.32 Å². The Labute approximate surface area is 105 Å². The van der Waals surface area contributed by atoms with E-state index in [1.807, 2.05) is 6.92 Å². The molecule has 0 amide bonds. The fourth-order valence-corrected chi connectivity index (χ4v) is 2.58. The zero-order chi connectivity index (χ0) is 12.3. The predicted molar refractivity (Wildman–Crippen MR) is 68.8 cm³/mol. The molecule has 1 N–H and O–H groups in total. The Hall–Kier alpha value is -1.26. The lowest BCUT2D eigenvalue weighted by Gasteiger charge is -2.17. The maximum Gasteiger partial charge on any atom is 0.146 e. The molecule has 0 aliphatic carbocycles. The SMILES string of the molecule is CCNC(c1csc(C)c1)c1ccncc1F. The summed E-state index contributed by atoms with van der Waals surface area (Å²) >= 11 is 1.68. The van der Waals surface area contributed by atoms with Crippen LogP contribution in [0, 0.1) is 12.7 Å². The minimum absolute atomic E-state index is 0.0899. The van der Waals surface area contributed by atoms with Gasteiger partial charge in [-0.25, -0.2) is 4.39 Å². The number of pyridine rings is 1. The summed E-state index contributed by atoms with van der Waals surface area (Å²) in [4.78, 5) is 5.02. The molecule has 0 aliphatic rings. The highest BCUT2D eigenvalue weighted by Crippen LogP contribution is 2.27. The van der Waals surface area contributed by atoms with Gasteiger partial charge >= 0.3 is 0 Å². The third-order valence-corrected chi connectivity index (χ3v) is 3.49. The lowest BCUT2D eigenvalue weighted by Crippen LogP contribution is -2.22. The molecule has 0 radical (unpaired) electrons. The molecule has 0 saturated heterocycles. The molecule has 2 aromatic rings. The number of nitrogens with zero attached hydrogens (tertiary/aromatic N) is 1. The molecule has 90 valence electrons. The lowest BCUT2D eigenvalue weighted by molar-refractivity contribution is 0.555. The Morgan fingerprint density at radius 2 is 2.35 bits per heavy atom. The van der Waals surface area contributed by atoms with Crippen molar-refractivity contribution >= 4 is 11.3 Å². The number of nitrogens with one attached hydrogen (secondary N) is 1. The van der Waals surface area contributed by atoms with E-state index < -0.39 is 0 Å². The number of hydrogen-bond acceptors (Lipinski definition) is 3. The first-order chi connectivity index (χ1) is 8.22. The van der Waals surface area contributed by atoms with Gasteiger partial charge in [0.2, 0.25) is 0 Å². The summed E-state index contributed by atoms with van der Waals surface area (Å²) in [5, 5.41) is 5.38. The van der Waals surface area contributed by atoms with Crippen LogP contribution in [-0.2, 0) is 0 Å². The summed E-state index contributed by atoms with van der Waals surface area (Å²) < 4.78 is 13.8. The van der Waals surface area contributed by atoms with Crippen molar-refractivity contribution in [2.75, 3.05) is 6.54 Å². The molecular weight excluding hydrogens is 235 g/mol. The van der Waals surface area contributed by atoms with E-state index in [4.69, 9.17) is 0 Å². The molecule has 0 fully saturated rings. The molecule has 4 heteroatoms. The highest BCUT2D eigenvalue weighted by molar-refractivity contribution is 7.10. The van der Waals surface area contributed by atoms with Gasteiger partial charge in [0.15, 0.2) is 0 Å². The van der Waals surface area contributed by atoms with Gasteiger partial charge in [-0.05, 0) is 36.5 Å². The first-order valence-corrected chi connectivity index (χ1v) is 6.48.